The van der Waals surface area contributed by atoms with Gasteiger partial charge >= 0.3 is 12.5 Å². The van der Waals surface area contributed by atoms with Gasteiger partial charge in [0.1, 0.15) is 10.2 Å². The minimum absolute atomic E-state index is 0.452. The van der Waals surface area contributed by atoms with E-state index in [-0.39, 0.29) is 0 Å². The predicted molar refractivity (Wildman–Crippen MR) is 50.2 cm³/mol. The molecule has 0 aromatic carbocycles. The smallest absolute Gasteiger partial charge is 0.495 e. The second-order valence-corrected chi connectivity index (χ2v) is 3.67. The Morgan fingerprint density at radius 2 is 1.72 bits per heavy atom. The molecule has 1 rings (SSSR count). The summed E-state index contributed by atoms with van der Waals surface area (Å²) in [7, 11) is 0.998. The van der Waals surface area contributed by atoms with Crippen LogP contribution in [0.4, 0.5) is 26.3 Å². The molecule has 0 saturated carbocycles. The maximum absolute atomic E-state index is 12.4. The number of hydrogen-bond donors (Lipinski definition) is 0. The molecule has 0 bridgehead atoms. The van der Waals surface area contributed by atoms with Gasteiger partial charge in [-0.3, -0.25) is 0 Å². The highest BCUT2D eigenvalue weighted by molar-refractivity contribution is 9.10. The van der Waals surface area contributed by atoms with Gasteiger partial charge < -0.3 is 9.47 Å². The maximum atomic E-state index is 12.4. The van der Waals surface area contributed by atoms with E-state index in [2.05, 4.69) is 30.4 Å². The van der Waals surface area contributed by atoms with Crippen LogP contribution in [0, 0.1) is 0 Å². The lowest BCUT2D eigenvalue weighted by Crippen LogP contribution is -2.20. The molecule has 0 N–H and O–H groups in total. The Bertz CT molecular complexity index is 444. The largest absolute Gasteiger partial charge is 0.574 e. The van der Waals surface area contributed by atoms with Crippen molar-refractivity contribution in [2.24, 2.45) is 0 Å². The van der Waals surface area contributed by atoms with Gasteiger partial charge in [-0.05, 0) is 15.9 Å². The van der Waals surface area contributed by atoms with Gasteiger partial charge in [0.15, 0.2) is 5.69 Å². The Hall–Kier alpha value is -1.19. The van der Waals surface area contributed by atoms with Crippen LogP contribution in [0.3, 0.4) is 0 Å². The van der Waals surface area contributed by atoms with Gasteiger partial charge in [0, 0.05) is 6.07 Å². The van der Waals surface area contributed by atoms with Crippen molar-refractivity contribution in [3.8, 4) is 11.6 Å². The van der Waals surface area contributed by atoms with Gasteiger partial charge in [0.2, 0.25) is 5.88 Å². The lowest BCUT2D eigenvalue weighted by molar-refractivity contribution is -0.276. The first-order valence-corrected chi connectivity index (χ1v) is 4.91. The molecular formula is C8H4BrF6NO2. The molecule has 18 heavy (non-hydrogen) atoms. The highest BCUT2D eigenvalue weighted by Gasteiger charge is 2.38. The Morgan fingerprint density at radius 1 is 1.17 bits per heavy atom. The van der Waals surface area contributed by atoms with E-state index in [1.807, 2.05) is 0 Å². The molecule has 10 heteroatoms. The molecule has 3 nitrogen and oxygen atoms in total. The van der Waals surface area contributed by atoms with Crippen molar-refractivity contribution in [2.75, 3.05) is 7.11 Å². The minimum Gasteiger partial charge on any atom is -0.495 e. The van der Waals surface area contributed by atoms with Crippen LogP contribution < -0.4 is 9.47 Å². The van der Waals surface area contributed by atoms with E-state index < -0.39 is 34.3 Å². The average Bonchev–Trinajstić information content (AvgIpc) is 2.17. The van der Waals surface area contributed by atoms with E-state index in [0.717, 1.165) is 7.11 Å². The molecule has 0 radical (unpaired) electrons. The average molecular weight is 340 g/mol. The molecule has 0 aliphatic rings. The first-order chi connectivity index (χ1) is 8.04. The Kier molecular flexibility index (Phi) is 3.99. The summed E-state index contributed by atoms with van der Waals surface area (Å²) in [5.41, 5.74) is -1.55. The summed E-state index contributed by atoms with van der Waals surface area (Å²) in [6, 6.07) is 0.452. The molecule has 0 saturated heterocycles. The zero-order valence-electron chi connectivity index (χ0n) is 8.49. The molecule has 0 atom stereocenters. The van der Waals surface area contributed by atoms with E-state index in [1.165, 1.54) is 0 Å². The molecular weight excluding hydrogens is 336 g/mol. The molecule has 0 aliphatic heterocycles. The van der Waals surface area contributed by atoms with Gasteiger partial charge in [-0.15, -0.1) is 13.2 Å². The van der Waals surface area contributed by atoms with Crippen molar-refractivity contribution in [1.29, 1.82) is 0 Å². The van der Waals surface area contributed by atoms with Crippen LogP contribution in [0.2, 0.25) is 0 Å². The van der Waals surface area contributed by atoms with Crippen LogP contribution in [-0.4, -0.2) is 18.5 Å². The van der Waals surface area contributed by atoms with Crippen LogP contribution in [0.5, 0.6) is 11.6 Å². The summed E-state index contributed by atoms with van der Waals surface area (Å²) < 4.78 is 80.5. The fourth-order valence-electron chi connectivity index (χ4n) is 0.955. The van der Waals surface area contributed by atoms with E-state index >= 15 is 0 Å². The predicted octanol–water partition coefficient (Wildman–Crippen LogP) is 3.77. The summed E-state index contributed by atoms with van der Waals surface area (Å²) in [6.45, 7) is 0. The number of rotatable bonds is 2. The number of methoxy groups -OCH3 is 1. The SMILES string of the molecule is COc1cc(C(F)(F)F)nc(OC(F)(F)F)c1Br. The van der Waals surface area contributed by atoms with Gasteiger partial charge in [-0.1, -0.05) is 0 Å². The van der Waals surface area contributed by atoms with E-state index in [9.17, 15) is 26.3 Å². The van der Waals surface area contributed by atoms with Gasteiger partial charge in [0.05, 0.1) is 7.11 Å². The number of aromatic nitrogens is 1. The molecule has 102 valence electrons. The van der Waals surface area contributed by atoms with Gasteiger partial charge in [0.25, 0.3) is 0 Å². The second-order valence-electron chi connectivity index (χ2n) is 2.87. The molecule has 0 unspecified atom stereocenters. The summed E-state index contributed by atoms with van der Waals surface area (Å²) in [6.07, 6.45) is -10.1. The highest BCUT2D eigenvalue weighted by Crippen LogP contribution is 2.40. The van der Waals surface area contributed by atoms with Crippen LogP contribution in [0.1, 0.15) is 5.69 Å². The summed E-state index contributed by atoms with van der Waals surface area (Å²) >= 11 is 2.62. The summed E-state index contributed by atoms with van der Waals surface area (Å²) in [4.78, 5) is 2.74. The molecule has 1 aromatic rings. The standard InChI is InChI=1S/C8H4BrF6NO2/c1-17-3-2-4(7(10,11)12)16-6(5(3)9)18-8(13,14)15/h2H,1H3. The lowest BCUT2D eigenvalue weighted by atomic mass is 10.3. The number of hydrogen-bond acceptors (Lipinski definition) is 3. The lowest BCUT2D eigenvalue weighted by Gasteiger charge is -2.14. The van der Waals surface area contributed by atoms with Gasteiger partial charge in [-0.2, -0.15) is 13.2 Å². The van der Waals surface area contributed by atoms with Crippen LogP contribution in [0.15, 0.2) is 10.5 Å². The quantitative estimate of drug-likeness (QED) is 0.768. The molecule has 1 aromatic heterocycles. The van der Waals surface area contributed by atoms with Gasteiger partial charge in [-0.25, -0.2) is 4.98 Å². The Morgan fingerprint density at radius 3 is 2.11 bits per heavy atom. The Labute approximate surface area is 105 Å². The summed E-state index contributed by atoms with van der Waals surface area (Å²) in [5, 5.41) is 0. The molecule has 0 amide bonds. The molecule has 1 heterocycles. The normalized spacial score (nSPS) is 12.4. The third kappa shape index (κ3) is 3.65. The third-order valence-electron chi connectivity index (χ3n) is 1.62. The minimum atomic E-state index is -5.16. The van der Waals surface area contributed by atoms with Crippen LogP contribution in [-0.2, 0) is 6.18 Å². The van der Waals surface area contributed by atoms with Crippen molar-refractivity contribution in [3.05, 3.63) is 16.2 Å². The molecule has 0 spiro atoms. The molecule has 0 fully saturated rings. The second kappa shape index (κ2) is 4.82. The summed E-state index contributed by atoms with van der Waals surface area (Å²) in [5.74, 6) is -1.74. The molecule has 0 aliphatic carbocycles. The first-order valence-electron chi connectivity index (χ1n) is 4.12. The number of ether oxygens (including phenoxy) is 2. The number of halogens is 7. The zero-order valence-corrected chi connectivity index (χ0v) is 10.1. The van der Waals surface area contributed by atoms with Crippen LogP contribution >= 0.6 is 15.9 Å². The Balaban J connectivity index is 3.32. The monoisotopic (exact) mass is 339 g/mol. The van der Waals surface area contributed by atoms with E-state index in [0.29, 0.717) is 6.07 Å². The van der Waals surface area contributed by atoms with E-state index in [4.69, 9.17) is 0 Å². The fraction of sp³-hybridized carbons (Fsp3) is 0.375. The topological polar surface area (TPSA) is 31.4 Å². The third-order valence-corrected chi connectivity index (χ3v) is 2.35. The highest BCUT2D eigenvalue weighted by atomic mass is 79.9. The van der Waals surface area contributed by atoms with Crippen molar-refractivity contribution in [2.45, 2.75) is 12.5 Å². The number of alkyl halides is 6. The van der Waals surface area contributed by atoms with Crippen molar-refractivity contribution >= 4 is 15.9 Å². The van der Waals surface area contributed by atoms with E-state index in [1.54, 1.807) is 0 Å². The number of pyridine rings is 1. The van der Waals surface area contributed by atoms with Crippen molar-refractivity contribution in [1.82, 2.24) is 4.98 Å². The van der Waals surface area contributed by atoms with Crippen molar-refractivity contribution in [3.63, 3.8) is 0 Å². The van der Waals surface area contributed by atoms with Crippen LogP contribution in [0.25, 0.3) is 0 Å². The van der Waals surface area contributed by atoms with Crippen molar-refractivity contribution < 1.29 is 35.8 Å². The number of nitrogens with zero attached hydrogens (tertiary/aromatic N) is 1. The zero-order chi connectivity index (χ0) is 14.1. The first kappa shape index (κ1) is 14.9. The fourth-order valence-corrected chi connectivity index (χ4v) is 1.40. The maximum Gasteiger partial charge on any atom is 0.574 e.